The second-order valence-electron chi connectivity index (χ2n) is 3.94. The summed E-state index contributed by atoms with van der Waals surface area (Å²) >= 11 is 0. The zero-order valence-electron chi connectivity index (χ0n) is 10.8. The van der Waals surface area contributed by atoms with Crippen LogP contribution in [0.4, 0.5) is 11.4 Å². The number of rotatable bonds is 6. The summed E-state index contributed by atoms with van der Waals surface area (Å²) in [6.07, 6.45) is -0.381. The lowest BCUT2D eigenvalue weighted by molar-refractivity contribution is -0.384. The molecule has 0 fully saturated rings. The lowest BCUT2D eigenvalue weighted by Crippen LogP contribution is -2.28. The van der Waals surface area contributed by atoms with Gasteiger partial charge >= 0.3 is 0 Å². The minimum Gasteiger partial charge on any atom is -0.380 e. The van der Waals surface area contributed by atoms with Crippen molar-refractivity contribution in [2.75, 3.05) is 19.0 Å². The number of carbonyl (C=O) groups is 1. The van der Waals surface area contributed by atoms with Crippen LogP contribution in [0.2, 0.25) is 0 Å². The number of nitro groups is 1. The molecular weight excluding hydrogens is 264 g/mol. The number of nitrogens with one attached hydrogen (secondary N) is 1. The van der Waals surface area contributed by atoms with Gasteiger partial charge in [0.2, 0.25) is 5.91 Å². The summed E-state index contributed by atoms with van der Waals surface area (Å²) in [5.74, 6) is -0.382. The van der Waals surface area contributed by atoms with Gasteiger partial charge in [-0.3, -0.25) is 14.9 Å². The average molecular weight is 278 g/mol. The maximum absolute atomic E-state index is 11.7. The maximum atomic E-state index is 11.7. The molecule has 1 rings (SSSR count). The van der Waals surface area contributed by atoms with Gasteiger partial charge in [-0.1, -0.05) is 0 Å². The number of methoxy groups -OCH3 is 1. The summed E-state index contributed by atoms with van der Waals surface area (Å²) in [6, 6.07) is 5.44. The number of benzene rings is 1. The zero-order valence-corrected chi connectivity index (χ0v) is 10.8. The van der Waals surface area contributed by atoms with E-state index in [9.17, 15) is 14.9 Å². The van der Waals surface area contributed by atoms with Gasteiger partial charge < -0.3 is 15.8 Å². The van der Waals surface area contributed by atoms with Crippen LogP contribution >= 0.6 is 0 Å². The summed E-state index contributed by atoms with van der Waals surface area (Å²) in [5, 5.41) is 22.1. The van der Waals surface area contributed by atoms with Crippen molar-refractivity contribution in [2.45, 2.75) is 12.5 Å². The van der Waals surface area contributed by atoms with Crippen molar-refractivity contribution in [3.8, 4) is 6.07 Å². The Balaban J connectivity index is 2.85. The minimum atomic E-state index is -0.609. The molecule has 20 heavy (non-hydrogen) atoms. The molecule has 106 valence electrons. The molecule has 0 aliphatic heterocycles. The molecule has 0 heterocycles. The largest absolute Gasteiger partial charge is 0.380 e. The fourth-order valence-corrected chi connectivity index (χ4v) is 1.52. The highest BCUT2D eigenvalue weighted by molar-refractivity contribution is 5.92. The van der Waals surface area contributed by atoms with E-state index in [-0.39, 0.29) is 35.8 Å². The van der Waals surface area contributed by atoms with E-state index in [1.807, 2.05) is 0 Å². The van der Waals surface area contributed by atoms with E-state index >= 15 is 0 Å². The SMILES string of the molecule is COC(CN)CC(=O)Nc1ccc([N+](=O)[O-])cc1C#N. The monoisotopic (exact) mass is 278 g/mol. The van der Waals surface area contributed by atoms with E-state index in [0.29, 0.717) is 0 Å². The van der Waals surface area contributed by atoms with Crippen LogP contribution in [-0.4, -0.2) is 30.6 Å². The van der Waals surface area contributed by atoms with Crippen LogP contribution in [-0.2, 0) is 9.53 Å². The van der Waals surface area contributed by atoms with Crippen LogP contribution in [0.15, 0.2) is 18.2 Å². The van der Waals surface area contributed by atoms with Gasteiger partial charge in [0.15, 0.2) is 0 Å². The summed E-state index contributed by atoms with van der Waals surface area (Å²) in [6.45, 7) is 0.190. The summed E-state index contributed by atoms with van der Waals surface area (Å²) < 4.78 is 4.97. The van der Waals surface area contributed by atoms with Crippen molar-refractivity contribution in [1.82, 2.24) is 0 Å². The molecule has 0 bridgehead atoms. The first-order valence-electron chi connectivity index (χ1n) is 5.73. The molecule has 3 N–H and O–H groups in total. The maximum Gasteiger partial charge on any atom is 0.270 e. The second kappa shape index (κ2) is 7.18. The molecule has 1 amide bonds. The van der Waals surface area contributed by atoms with Gasteiger partial charge in [0.05, 0.1) is 28.7 Å². The summed E-state index contributed by atoms with van der Waals surface area (Å²) in [5.41, 5.74) is 5.43. The Labute approximate surface area is 115 Å². The van der Waals surface area contributed by atoms with Gasteiger partial charge in [0.25, 0.3) is 5.69 Å². The number of nitro benzene ring substituents is 1. The quantitative estimate of drug-likeness (QED) is 0.583. The predicted molar refractivity (Wildman–Crippen MR) is 70.9 cm³/mol. The van der Waals surface area contributed by atoms with Gasteiger partial charge in [-0.05, 0) is 6.07 Å². The highest BCUT2D eigenvalue weighted by atomic mass is 16.6. The number of nitrogens with two attached hydrogens (primary N) is 1. The highest BCUT2D eigenvalue weighted by Gasteiger charge is 2.15. The standard InChI is InChI=1S/C12H14N4O4/c1-20-10(7-14)5-12(17)15-11-3-2-9(16(18)19)4-8(11)6-13/h2-4,10H,5,7,14H2,1H3,(H,15,17). The second-order valence-corrected chi connectivity index (χ2v) is 3.94. The van der Waals surface area contributed by atoms with Gasteiger partial charge in [-0.25, -0.2) is 0 Å². The van der Waals surface area contributed by atoms with Crippen LogP contribution < -0.4 is 11.1 Å². The van der Waals surface area contributed by atoms with Crippen LogP contribution in [0.5, 0.6) is 0 Å². The van der Waals surface area contributed by atoms with Crippen molar-refractivity contribution in [3.63, 3.8) is 0 Å². The van der Waals surface area contributed by atoms with E-state index in [2.05, 4.69) is 5.32 Å². The fraction of sp³-hybridized carbons (Fsp3) is 0.333. The Morgan fingerprint density at radius 1 is 1.65 bits per heavy atom. The van der Waals surface area contributed by atoms with Crippen LogP contribution in [0.1, 0.15) is 12.0 Å². The van der Waals surface area contributed by atoms with Crippen molar-refractivity contribution < 1.29 is 14.5 Å². The molecule has 1 aromatic carbocycles. The molecule has 0 aromatic heterocycles. The Bertz CT molecular complexity index is 549. The number of ether oxygens (including phenoxy) is 1. The van der Waals surface area contributed by atoms with Crippen molar-refractivity contribution in [1.29, 1.82) is 5.26 Å². The van der Waals surface area contributed by atoms with Gasteiger partial charge in [-0.15, -0.1) is 0 Å². The highest BCUT2D eigenvalue weighted by Crippen LogP contribution is 2.21. The molecule has 0 aliphatic carbocycles. The Kier molecular flexibility index (Phi) is 5.58. The molecule has 0 saturated carbocycles. The number of carbonyl (C=O) groups excluding carboxylic acids is 1. The zero-order chi connectivity index (χ0) is 15.1. The topological polar surface area (TPSA) is 131 Å². The number of non-ortho nitro benzene ring substituents is 1. The first-order valence-corrected chi connectivity index (χ1v) is 5.73. The number of hydrogen-bond acceptors (Lipinski definition) is 6. The molecule has 1 atom stereocenters. The Morgan fingerprint density at radius 3 is 2.85 bits per heavy atom. The third-order valence-corrected chi connectivity index (χ3v) is 2.62. The molecule has 0 aliphatic rings. The van der Waals surface area contributed by atoms with E-state index in [1.165, 1.54) is 19.2 Å². The van der Waals surface area contributed by atoms with E-state index < -0.39 is 11.0 Å². The number of hydrogen-bond donors (Lipinski definition) is 2. The molecule has 8 nitrogen and oxygen atoms in total. The van der Waals surface area contributed by atoms with Crippen molar-refractivity contribution in [3.05, 3.63) is 33.9 Å². The van der Waals surface area contributed by atoms with Crippen LogP contribution in [0.3, 0.4) is 0 Å². The Hall–Kier alpha value is -2.50. The average Bonchev–Trinajstić information content (AvgIpc) is 2.44. The first-order chi connectivity index (χ1) is 9.51. The smallest absolute Gasteiger partial charge is 0.270 e. The normalized spacial score (nSPS) is 11.4. The first kappa shape index (κ1) is 15.6. The molecule has 0 radical (unpaired) electrons. The molecule has 8 heteroatoms. The van der Waals surface area contributed by atoms with Crippen LogP contribution in [0, 0.1) is 21.4 Å². The fourth-order valence-electron chi connectivity index (χ4n) is 1.52. The number of nitrogens with zero attached hydrogens (tertiary/aromatic N) is 2. The van der Waals surface area contributed by atoms with Crippen molar-refractivity contribution in [2.24, 2.45) is 5.73 Å². The molecule has 0 spiro atoms. The molecule has 1 unspecified atom stereocenters. The van der Waals surface area contributed by atoms with Crippen molar-refractivity contribution >= 4 is 17.3 Å². The van der Waals surface area contributed by atoms with E-state index in [1.54, 1.807) is 6.07 Å². The van der Waals surface area contributed by atoms with Gasteiger partial charge in [0.1, 0.15) is 6.07 Å². The predicted octanol–water partition coefficient (Wildman–Crippen LogP) is 0.769. The third-order valence-electron chi connectivity index (χ3n) is 2.62. The third kappa shape index (κ3) is 4.01. The number of nitriles is 1. The molecule has 1 aromatic rings. The summed E-state index contributed by atoms with van der Waals surface area (Å²) in [7, 11) is 1.44. The minimum absolute atomic E-state index is 0.0225. The van der Waals surface area contributed by atoms with E-state index in [0.717, 1.165) is 6.07 Å². The molecule has 0 saturated heterocycles. The number of anilines is 1. The van der Waals surface area contributed by atoms with Crippen LogP contribution in [0.25, 0.3) is 0 Å². The number of amides is 1. The van der Waals surface area contributed by atoms with Gasteiger partial charge in [-0.2, -0.15) is 5.26 Å². The summed E-state index contributed by atoms with van der Waals surface area (Å²) in [4.78, 5) is 21.7. The lowest BCUT2D eigenvalue weighted by atomic mass is 10.1. The molecular formula is C12H14N4O4. The van der Waals surface area contributed by atoms with Gasteiger partial charge in [0, 0.05) is 25.8 Å². The van der Waals surface area contributed by atoms with E-state index in [4.69, 9.17) is 15.7 Å². The lowest BCUT2D eigenvalue weighted by Gasteiger charge is -2.13. The Morgan fingerprint density at radius 2 is 2.35 bits per heavy atom.